The number of aromatic carboxylic acids is 1. The van der Waals surface area contributed by atoms with Crippen molar-refractivity contribution in [2.45, 2.75) is 65.6 Å². The van der Waals surface area contributed by atoms with Gasteiger partial charge in [-0.15, -0.1) is 0 Å². The summed E-state index contributed by atoms with van der Waals surface area (Å²) < 4.78 is 5.76. The molecular weight excluding hydrogens is 484 g/mol. The van der Waals surface area contributed by atoms with E-state index in [0.717, 1.165) is 24.1 Å². The van der Waals surface area contributed by atoms with E-state index in [2.05, 4.69) is 91.3 Å². The molecule has 4 aromatic rings. The van der Waals surface area contributed by atoms with Gasteiger partial charge in [0.2, 0.25) is 0 Å². The highest BCUT2D eigenvalue weighted by Crippen LogP contribution is 2.26. The normalized spacial score (nSPS) is 11.0. The molecule has 4 rings (SSSR count). The molecule has 5 heteroatoms. The fraction of sp³-hybridized carbons (Fsp3) is 0.294. The number of carboxylic acids is 1. The third-order valence-corrected chi connectivity index (χ3v) is 6.89. The summed E-state index contributed by atoms with van der Waals surface area (Å²) >= 11 is 0. The maximum absolute atomic E-state index is 11.1. The number of aryl methyl sites for hydroxylation is 1. The highest BCUT2D eigenvalue weighted by molar-refractivity contribution is 5.87. The van der Waals surface area contributed by atoms with E-state index in [4.69, 9.17) is 9.84 Å². The molecule has 0 fully saturated rings. The number of carboxylic acid groups (broad SMARTS) is 1. The zero-order valence-corrected chi connectivity index (χ0v) is 23.1. The van der Waals surface area contributed by atoms with Gasteiger partial charge < -0.3 is 14.7 Å². The van der Waals surface area contributed by atoms with Crippen molar-refractivity contribution in [2.24, 2.45) is 0 Å². The van der Waals surface area contributed by atoms with E-state index in [9.17, 15) is 4.79 Å². The number of benzene rings is 3. The fourth-order valence-electron chi connectivity index (χ4n) is 4.63. The first-order valence-corrected chi connectivity index (χ1v) is 13.8. The number of ether oxygens (including phenoxy) is 1. The number of nitrogens with zero attached hydrogens (tertiary/aromatic N) is 2. The van der Waals surface area contributed by atoms with Gasteiger partial charge in [-0.05, 0) is 78.8 Å². The lowest BCUT2D eigenvalue weighted by Crippen LogP contribution is -2.30. The molecule has 5 nitrogen and oxygen atoms in total. The molecule has 1 heterocycles. The number of pyridine rings is 1. The molecule has 0 bridgehead atoms. The molecule has 1 N–H and O–H groups in total. The van der Waals surface area contributed by atoms with Crippen LogP contribution in [0.1, 0.15) is 67.1 Å². The highest BCUT2D eigenvalue weighted by atomic mass is 16.5. The Kier molecular flexibility index (Phi) is 9.74. The summed E-state index contributed by atoms with van der Waals surface area (Å²) in [7, 11) is 0. The first-order valence-electron chi connectivity index (χ1n) is 13.8. The van der Waals surface area contributed by atoms with Gasteiger partial charge in [-0.1, -0.05) is 74.4 Å². The Bertz CT molecular complexity index is 1350. The first-order chi connectivity index (χ1) is 18.9. The van der Waals surface area contributed by atoms with E-state index in [1.165, 1.54) is 60.1 Å². The zero-order valence-electron chi connectivity index (χ0n) is 23.1. The average molecular weight is 523 g/mol. The molecular formula is C34H38N2O3. The molecule has 0 radical (unpaired) electrons. The van der Waals surface area contributed by atoms with Gasteiger partial charge >= 0.3 is 5.97 Å². The Labute approximate surface area is 232 Å². The second kappa shape index (κ2) is 13.6. The lowest BCUT2D eigenvalue weighted by molar-refractivity contribution is 0.0696. The summed E-state index contributed by atoms with van der Waals surface area (Å²) in [4.78, 5) is 17.5. The Morgan fingerprint density at radius 3 is 2.31 bits per heavy atom. The molecule has 202 valence electrons. The van der Waals surface area contributed by atoms with Crippen LogP contribution in [0, 0.1) is 0 Å². The molecule has 39 heavy (non-hydrogen) atoms. The lowest BCUT2D eigenvalue weighted by atomic mass is 10.0. The fourth-order valence-corrected chi connectivity index (χ4v) is 4.63. The standard InChI is InChI=1S/C34H38N2O3/c1-4-5-6-8-26-13-17-32(18-14-26)36(25(2)3)23-28-9-7-10-30(19-28)29-15-11-27(12-16-29)24-39-33-20-31(34(37)38)21-35-22-33/h7,9-22,25H,4-6,8,23-24H2,1-3H3,(H,37,38). The van der Waals surface area contributed by atoms with Gasteiger partial charge in [0.1, 0.15) is 12.4 Å². The lowest BCUT2D eigenvalue weighted by Gasteiger charge is -2.29. The zero-order chi connectivity index (χ0) is 27.6. The topological polar surface area (TPSA) is 62.7 Å². The van der Waals surface area contributed by atoms with Gasteiger partial charge in [0.15, 0.2) is 0 Å². The minimum Gasteiger partial charge on any atom is -0.487 e. The maximum atomic E-state index is 11.1. The van der Waals surface area contributed by atoms with Crippen molar-refractivity contribution in [3.8, 4) is 16.9 Å². The van der Waals surface area contributed by atoms with Crippen LogP contribution in [0.25, 0.3) is 11.1 Å². The van der Waals surface area contributed by atoms with E-state index >= 15 is 0 Å². The number of aromatic nitrogens is 1. The Hall–Kier alpha value is -4.12. The summed E-state index contributed by atoms with van der Waals surface area (Å²) in [5.74, 6) is -0.584. The van der Waals surface area contributed by atoms with Crippen LogP contribution in [-0.2, 0) is 19.6 Å². The predicted molar refractivity (Wildman–Crippen MR) is 158 cm³/mol. The number of unbranched alkanes of at least 4 members (excludes halogenated alkanes) is 2. The van der Waals surface area contributed by atoms with Crippen LogP contribution in [-0.4, -0.2) is 22.1 Å². The maximum Gasteiger partial charge on any atom is 0.337 e. The summed E-state index contributed by atoms with van der Waals surface area (Å²) in [6, 6.07) is 28.0. The Morgan fingerprint density at radius 2 is 1.62 bits per heavy atom. The van der Waals surface area contributed by atoms with Gasteiger partial charge in [0.25, 0.3) is 0 Å². The summed E-state index contributed by atoms with van der Waals surface area (Å²) in [5.41, 5.74) is 7.36. The van der Waals surface area contributed by atoms with E-state index in [-0.39, 0.29) is 5.56 Å². The van der Waals surface area contributed by atoms with Crippen molar-refractivity contribution in [1.29, 1.82) is 0 Å². The van der Waals surface area contributed by atoms with Gasteiger partial charge in [-0.3, -0.25) is 4.98 Å². The molecule has 0 aliphatic carbocycles. The Morgan fingerprint density at radius 1 is 0.872 bits per heavy atom. The summed E-state index contributed by atoms with van der Waals surface area (Å²) in [6.07, 6.45) is 7.77. The molecule has 0 aliphatic rings. The quantitative estimate of drug-likeness (QED) is 0.179. The van der Waals surface area contributed by atoms with Crippen LogP contribution in [0.3, 0.4) is 0 Å². The Balaban J connectivity index is 1.41. The van der Waals surface area contributed by atoms with Gasteiger partial charge in [-0.2, -0.15) is 0 Å². The van der Waals surface area contributed by atoms with E-state index in [0.29, 0.717) is 18.4 Å². The molecule has 0 atom stereocenters. The molecule has 0 unspecified atom stereocenters. The van der Waals surface area contributed by atoms with Crippen LogP contribution < -0.4 is 9.64 Å². The van der Waals surface area contributed by atoms with Crippen molar-refractivity contribution in [3.05, 3.63) is 114 Å². The molecule has 0 aliphatic heterocycles. The number of hydrogen-bond donors (Lipinski definition) is 1. The average Bonchev–Trinajstić information content (AvgIpc) is 2.96. The second-order valence-corrected chi connectivity index (χ2v) is 10.2. The summed E-state index contributed by atoms with van der Waals surface area (Å²) in [5, 5.41) is 9.13. The first kappa shape index (κ1) is 27.9. The number of anilines is 1. The van der Waals surface area contributed by atoms with Crippen molar-refractivity contribution >= 4 is 11.7 Å². The summed E-state index contributed by atoms with van der Waals surface area (Å²) in [6.45, 7) is 7.91. The molecule has 0 amide bonds. The van der Waals surface area contributed by atoms with E-state index < -0.39 is 5.97 Å². The van der Waals surface area contributed by atoms with Crippen LogP contribution in [0.2, 0.25) is 0 Å². The van der Waals surface area contributed by atoms with E-state index in [1.54, 1.807) is 0 Å². The minimum atomic E-state index is -1.02. The van der Waals surface area contributed by atoms with Crippen LogP contribution in [0.4, 0.5) is 5.69 Å². The number of rotatable bonds is 13. The molecule has 0 saturated heterocycles. The second-order valence-electron chi connectivity index (χ2n) is 10.2. The molecule has 0 saturated carbocycles. The van der Waals surface area contributed by atoms with Crippen LogP contribution in [0.5, 0.6) is 5.75 Å². The number of carbonyl (C=O) groups is 1. The van der Waals surface area contributed by atoms with Crippen molar-refractivity contribution < 1.29 is 14.6 Å². The smallest absolute Gasteiger partial charge is 0.337 e. The third kappa shape index (κ3) is 7.93. The van der Waals surface area contributed by atoms with Gasteiger partial charge in [-0.25, -0.2) is 4.79 Å². The molecule has 1 aromatic heterocycles. The third-order valence-electron chi connectivity index (χ3n) is 6.89. The minimum absolute atomic E-state index is 0.109. The van der Waals surface area contributed by atoms with Gasteiger partial charge in [0.05, 0.1) is 11.8 Å². The highest BCUT2D eigenvalue weighted by Gasteiger charge is 2.12. The largest absolute Gasteiger partial charge is 0.487 e. The van der Waals surface area contributed by atoms with Crippen LogP contribution >= 0.6 is 0 Å². The monoisotopic (exact) mass is 522 g/mol. The SMILES string of the molecule is CCCCCc1ccc(N(Cc2cccc(-c3ccc(COc4cncc(C(=O)O)c4)cc3)c2)C(C)C)cc1. The number of hydrogen-bond acceptors (Lipinski definition) is 4. The van der Waals surface area contributed by atoms with Gasteiger partial charge in [0, 0.05) is 24.5 Å². The molecule has 0 spiro atoms. The van der Waals surface area contributed by atoms with E-state index in [1.807, 2.05) is 12.1 Å². The predicted octanol–water partition coefficient (Wildman–Crippen LogP) is 8.17. The molecule has 3 aromatic carbocycles. The van der Waals surface area contributed by atoms with Crippen LogP contribution in [0.15, 0.2) is 91.3 Å². The van der Waals surface area contributed by atoms with Crippen molar-refractivity contribution in [2.75, 3.05) is 4.90 Å². The van der Waals surface area contributed by atoms with Crippen molar-refractivity contribution in [1.82, 2.24) is 4.98 Å². The van der Waals surface area contributed by atoms with Crippen molar-refractivity contribution in [3.63, 3.8) is 0 Å².